The molecule has 0 amide bonds. The fraction of sp³-hybridized carbons (Fsp3) is 0.533. The lowest BCUT2D eigenvalue weighted by Crippen LogP contribution is -2.12. The van der Waals surface area contributed by atoms with E-state index in [2.05, 4.69) is 0 Å². The zero-order valence-electron chi connectivity index (χ0n) is 10.0. The molecule has 2 rings (SSSR count). The van der Waals surface area contributed by atoms with Gasteiger partial charge in [-0.25, -0.2) is 0 Å². The minimum absolute atomic E-state index is 0.329. The number of ketones is 1. The Morgan fingerprint density at radius 2 is 2.00 bits per heavy atom. The summed E-state index contributed by atoms with van der Waals surface area (Å²) in [7, 11) is 0. The predicted octanol–water partition coefficient (Wildman–Crippen LogP) is 4.15. The van der Waals surface area contributed by atoms with Crippen molar-refractivity contribution in [2.24, 2.45) is 5.92 Å². The molecule has 1 saturated carbocycles. The summed E-state index contributed by atoms with van der Waals surface area (Å²) < 4.78 is 0. The molecule has 1 aromatic rings. The maximum absolute atomic E-state index is 12.1. The van der Waals surface area contributed by atoms with E-state index in [1.165, 1.54) is 37.7 Å². The van der Waals surface area contributed by atoms with Gasteiger partial charge in [-0.05, 0) is 18.9 Å². The van der Waals surface area contributed by atoms with Crippen molar-refractivity contribution in [1.29, 1.82) is 0 Å². The molecule has 1 aliphatic carbocycles. The molecule has 1 aromatic carbocycles. The van der Waals surface area contributed by atoms with Gasteiger partial charge in [-0.2, -0.15) is 0 Å². The van der Waals surface area contributed by atoms with Crippen LogP contribution in [-0.2, 0) is 0 Å². The largest absolute Gasteiger partial charge is 0.294 e. The molecule has 0 unspecified atom stereocenters. The third kappa shape index (κ3) is 2.94. The number of hydrogen-bond acceptors (Lipinski definition) is 1. The van der Waals surface area contributed by atoms with Crippen LogP contribution < -0.4 is 0 Å². The molecule has 0 atom stereocenters. The van der Waals surface area contributed by atoms with Gasteiger partial charge in [-0.15, -0.1) is 0 Å². The molecule has 0 radical (unpaired) electrons. The molecule has 0 saturated heterocycles. The number of hydrogen-bond donors (Lipinski definition) is 0. The first-order chi connectivity index (χ1) is 7.75. The third-order valence-corrected chi connectivity index (χ3v) is 3.54. The molecule has 0 aromatic heterocycles. The summed E-state index contributed by atoms with van der Waals surface area (Å²) in [5.41, 5.74) is 2.07. The van der Waals surface area contributed by atoms with Crippen molar-refractivity contribution in [3.05, 3.63) is 35.4 Å². The van der Waals surface area contributed by atoms with E-state index < -0.39 is 0 Å². The second-order valence-corrected chi connectivity index (χ2v) is 5.00. The van der Waals surface area contributed by atoms with Crippen LogP contribution in [0.15, 0.2) is 24.3 Å². The van der Waals surface area contributed by atoms with E-state index in [0.717, 1.165) is 12.0 Å². The van der Waals surface area contributed by atoms with Crippen molar-refractivity contribution in [2.75, 3.05) is 0 Å². The molecule has 0 aliphatic heterocycles. The van der Waals surface area contributed by atoms with Gasteiger partial charge < -0.3 is 0 Å². The molecule has 0 spiro atoms. The van der Waals surface area contributed by atoms with Crippen molar-refractivity contribution in [1.82, 2.24) is 0 Å². The zero-order valence-corrected chi connectivity index (χ0v) is 10.0. The quantitative estimate of drug-likeness (QED) is 0.694. The Balaban J connectivity index is 1.97. The van der Waals surface area contributed by atoms with E-state index in [9.17, 15) is 4.79 Å². The minimum Gasteiger partial charge on any atom is -0.294 e. The van der Waals surface area contributed by atoms with Gasteiger partial charge in [0.25, 0.3) is 0 Å². The summed E-state index contributed by atoms with van der Waals surface area (Å²) in [5, 5.41) is 0. The highest BCUT2D eigenvalue weighted by Gasteiger charge is 2.17. The SMILES string of the molecule is Cc1cccc(C(=O)CC2CCCCC2)c1. The fourth-order valence-corrected chi connectivity index (χ4v) is 2.59. The van der Waals surface area contributed by atoms with Crippen LogP contribution >= 0.6 is 0 Å². The number of Topliss-reactive ketones (excluding diaryl/α,β-unsaturated/α-hetero) is 1. The van der Waals surface area contributed by atoms with Crippen LogP contribution in [0.4, 0.5) is 0 Å². The number of aryl methyl sites for hydroxylation is 1. The van der Waals surface area contributed by atoms with Crippen LogP contribution in [0.5, 0.6) is 0 Å². The Hall–Kier alpha value is -1.11. The zero-order chi connectivity index (χ0) is 11.4. The molecular formula is C15H20O. The number of benzene rings is 1. The highest BCUT2D eigenvalue weighted by atomic mass is 16.1. The maximum Gasteiger partial charge on any atom is 0.163 e. The van der Waals surface area contributed by atoms with Crippen LogP contribution in [0.25, 0.3) is 0 Å². The maximum atomic E-state index is 12.1. The minimum atomic E-state index is 0.329. The van der Waals surface area contributed by atoms with E-state index >= 15 is 0 Å². The first-order valence-corrected chi connectivity index (χ1v) is 6.35. The van der Waals surface area contributed by atoms with E-state index in [-0.39, 0.29) is 0 Å². The molecule has 0 heterocycles. The monoisotopic (exact) mass is 216 g/mol. The molecule has 1 aliphatic rings. The number of rotatable bonds is 3. The van der Waals surface area contributed by atoms with E-state index in [1.807, 2.05) is 31.2 Å². The van der Waals surface area contributed by atoms with Crippen LogP contribution in [0.2, 0.25) is 0 Å². The molecule has 1 nitrogen and oxygen atoms in total. The van der Waals surface area contributed by atoms with Crippen LogP contribution in [0.3, 0.4) is 0 Å². The van der Waals surface area contributed by atoms with Crippen LogP contribution in [0, 0.1) is 12.8 Å². The molecule has 1 fully saturated rings. The molecule has 16 heavy (non-hydrogen) atoms. The van der Waals surface area contributed by atoms with Gasteiger partial charge in [-0.1, -0.05) is 55.9 Å². The van der Waals surface area contributed by atoms with Crippen molar-refractivity contribution >= 4 is 5.78 Å². The summed E-state index contributed by atoms with van der Waals surface area (Å²) in [4.78, 5) is 12.1. The Kier molecular flexibility index (Phi) is 3.76. The van der Waals surface area contributed by atoms with Crippen molar-refractivity contribution in [3.8, 4) is 0 Å². The molecule has 1 heteroatoms. The summed E-state index contributed by atoms with van der Waals surface area (Å²) in [6.45, 7) is 2.04. The van der Waals surface area contributed by atoms with E-state index in [1.54, 1.807) is 0 Å². The standard InChI is InChI=1S/C15H20O/c1-12-6-5-9-14(10-12)15(16)11-13-7-3-2-4-8-13/h5-6,9-10,13H,2-4,7-8,11H2,1H3. The Morgan fingerprint density at radius 3 is 2.69 bits per heavy atom. The Morgan fingerprint density at radius 1 is 1.25 bits per heavy atom. The third-order valence-electron chi connectivity index (χ3n) is 3.54. The van der Waals surface area contributed by atoms with Gasteiger partial charge in [0.1, 0.15) is 0 Å². The van der Waals surface area contributed by atoms with Gasteiger partial charge in [-0.3, -0.25) is 4.79 Å². The number of carbonyl (C=O) groups is 1. The first-order valence-electron chi connectivity index (χ1n) is 6.35. The topological polar surface area (TPSA) is 17.1 Å². The lowest BCUT2D eigenvalue weighted by molar-refractivity contribution is 0.0950. The molecule has 86 valence electrons. The fourth-order valence-electron chi connectivity index (χ4n) is 2.59. The second kappa shape index (κ2) is 5.29. The molecular weight excluding hydrogens is 196 g/mol. The highest BCUT2D eigenvalue weighted by Crippen LogP contribution is 2.27. The summed E-state index contributed by atoms with van der Waals surface area (Å²) in [6.07, 6.45) is 7.23. The molecule has 0 bridgehead atoms. The molecule has 0 N–H and O–H groups in total. The number of carbonyl (C=O) groups excluding carboxylic acids is 1. The first kappa shape index (κ1) is 11.4. The average Bonchev–Trinajstić information content (AvgIpc) is 2.30. The van der Waals surface area contributed by atoms with Crippen molar-refractivity contribution in [3.63, 3.8) is 0 Å². The van der Waals surface area contributed by atoms with E-state index in [4.69, 9.17) is 0 Å². The van der Waals surface area contributed by atoms with Gasteiger partial charge in [0.2, 0.25) is 0 Å². The van der Waals surface area contributed by atoms with Crippen LogP contribution in [-0.4, -0.2) is 5.78 Å². The van der Waals surface area contributed by atoms with E-state index in [0.29, 0.717) is 11.7 Å². The normalized spacial score (nSPS) is 17.3. The summed E-state index contributed by atoms with van der Waals surface area (Å²) in [5.74, 6) is 0.970. The lowest BCUT2D eigenvalue weighted by Gasteiger charge is -2.20. The van der Waals surface area contributed by atoms with Gasteiger partial charge >= 0.3 is 0 Å². The smallest absolute Gasteiger partial charge is 0.163 e. The highest BCUT2D eigenvalue weighted by molar-refractivity contribution is 5.96. The Labute approximate surface area is 97.9 Å². The van der Waals surface area contributed by atoms with Crippen molar-refractivity contribution < 1.29 is 4.79 Å². The Bertz CT molecular complexity index is 361. The second-order valence-electron chi connectivity index (χ2n) is 5.00. The van der Waals surface area contributed by atoms with Gasteiger partial charge in [0.05, 0.1) is 0 Å². The van der Waals surface area contributed by atoms with Crippen molar-refractivity contribution in [2.45, 2.75) is 45.4 Å². The predicted molar refractivity (Wildman–Crippen MR) is 66.7 cm³/mol. The van der Waals surface area contributed by atoms with Crippen LogP contribution in [0.1, 0.15) is 54.4 Å². The average molecular weight is 216 g/mol. The summed E-state index contributed by atoms with van der Waals surface area (Å²) >= 11 is 0. The van der Waals surface area contributed by atoms with Gasteiger partial charge in [0.15, 0.2) is 5.78 Å². The lowest BCUT2D eigenvalue weighted by atomic mass is 9.84. The summed E-state index contributed by atoms with van der Waals surface area (Å²) in [6, 6.07) is 7.96. The van der Waals surface area contributed by atoms with Gasteiger partial charge in [0, 0.05) is 12.0 Å².